The molecule has 0 aliphatic heterocycles. The number of aromatic amines is 1. The summed E-state index contributed by atoms with van der Waals surface area (Å²) in [6.45, 7) is 9.78. The molecule has 5 heteroatoms. The Morgan fingerprint density at radius 2 is 1.89 bits per heavy atom. The van der Waals surface area contributed by atoms with E-state index in [-0.39, 0.29) is 21.4 Å². The zero-order valence-electron chi connectivity index (χ0n) is 16.5. The number of fused-ring (bicyclic) bond motifs is 3. The molecule has 3 aliphatic carbocycles. The summed E-state index contributed by atoms with van der Waals surface area (Å²) in [5, 5.41) is 19.1. The van der Waals surface area contributed by atoms with Gasteiger partial charge in [0.05, 0.1) is 10.6 Å². The second-order valence-corrected chi connectivity index (χ2v) is 10.2. The van der Waals surface area contributed by atoms with Gasteiger partial charge in [-0.3, -0.25) is 15.2 Å². The molecule has 0 amide bonds. The van der Waals surface area contributed by atoms with Crippen LogP contribution in [0.2, 0.25) is 0 Å². The van der Waals surface area contributed by atoms with Crippen LogP contribution in [0.15, 0.2) is 24.3 Å². The van der Waals surface area contributed by atoms with E-state index in [2.05, 4.69) is 32.8 Å². The van der Waals surface area contributed by atoms with Crippen molar-refractivity contribution in [1.29, 1.82) is 0 Å². The van der Waals surface area contributed by atoms with E-state index in [1.165, 1.54) is 30.5 Å². The van der Waals surface area contributed by atoms with Crippen molar-refractivity contribution in [2.24, 2.45) is 22.2 Å². The maximum absolute atomic E-state index is 11.0. The Labute approximate surface area is 159 Å². The minimum absolute atomic E-state index is 0.122. The first kappa shape index (κ1) is 17.0. The molecule has 2 saturated carbocycles. The number of nitro benzene ring substituents is 1. The Kier molecular flexibility index (Phi) is 3.14. The minimum atomic E-state index is -0.353. The van der Waals surface area contributed by atoms with Gasteiger partial charge in [-0.05, 0) is 60.0 Å². The summed E-state index contributed by atoms with van der Waals surface area (Å²) < 4.78 is 0. The molecule has 0 radical (unpaired) electrons. The van der Waals surface area contributed by atoms with Crippen LogP contribution < -0.4 is 0 Å². The summed E-state index contributed by atoms with van der Waals surface area (Å²) in [6, 6.07) is 6.82. The van der Waals surface area contributed by atoms with E-state index in [1.807, 2.05) is 12.1 Å². The van der Waals surface area contributed by atoms with Gasteiger partial charge in [0.25, 0.3) is 5.69 Å². The van der Waals surface area contributed by atoms with Crippen molar-refractivity contribution in [3.63, 3.8) is 0 Å². The van der Waals surface area contributed by atoms with Gasteiger partial charge in [-0.1, -0.05) is 27.7 Å². The van der Waals surface area contributed by atoms with E-state index in [4.69, 9.17) is 5.10 Å². The van der Waals surface area contributed by atoms with E-state index in [0.717, 1.165) is 23.6 Å². The van der Waals surface area contributed by atoms with Crippen LogP contribution in [-0.4, -0.2) is 15.1 Å². The third kappa shape index (κ3) is 1.97. The lowest BCUT2D eigenvalue weighted by atomic mass is 9.49. The molecule has 1 heterocycles. The van der Waals surface area contributed by atoms with Crippen molar-refractivity contribution >= 4 is 5.69 Å². The van der Waals surface area contributed by atoms with Gasteiger partial charge in [0.2, 0.25) is 0 Å². The number of hydrogen-bond acceptors (Lipinski definition) is 3. The number of H-pyrrole nitrogens is 1. The molecule has 1 N–H and O–H groups in total. The summed E-state index contributed by atoms with van der Waals surface area (Å²) in [5.41, 5.74) is 5.59. The molecule has 5 rings (SSSR count). The molecule has 3 aliphatic rings. The highest BCUT2D eigenvalue weighted by Crippen LogP contribution is 2.77. The molecule has 142 valence electrons. The third-order valence-corrected chi connectivity index (χ3v) is 8.40. The second kappa shape index (κ2) is 5.00. The highest BCUT2D eigenvalue weighted by molar-refractivity contribution is 5.67. The summed E-state index contributed by atoms with van der Waals surface area (Å²) in [6.07, 6.45) is 5.03. The summed E-state index contributed by atoms with van der Waals surface area (Å²) >= 11 is 0. The van der Waals surface area contributed by atoms with Crippen LogP contribution in [0.1, 0.15) is 64.1 Å². The molecule has 2 aromatic rings. The number of non-ortho nitro benzene ring substituents is 1. The van der Waals surface area contributed by atoms with Crippen molar-refractivity contribution in [2.45, 2.75) is 59.3 Å². The van der Waals surface area contributed by atoms with E-state index < -0.39 is 0 Å². The lowest BCUT2D eigenvalue weighted by molar-refractivity contribution is -0.384. The minimum Gasteiger partial charge on any atom is -0.281 e. The number of nitro groups is 1. The van der Waals surface area contributed by atoms with Gasteiger partial charge < -0.3 is 0 Å². The van der Waals surface area contributed by atoms with Crippen LogP contribution in [0, 0.1) is 32.3 Å². The molecular formula is C22H27N3O2. The van der Waals surface area contributed by atoms with Gasteiger partial charge in [-0.25, -0.2) is 0 Å². The topological polar surface area (TPSA) is 71.8 Å². The standard InChI is InChI=1S/C22H27N3O2/c1-20(2)12-16-17(13-5-7-15(8-6-13)25(26)27)23-24-18(16)19-21(3,4)14-9-10-22(19,20)11-14/h5-8,14,19H,9-12H2,1-4H3,(H,23,24). The zero-order valence-corrected chi connectivity index (χ0v) is 16.5. The number of benzene rings is 1. The highest BCUT2D eigenvalue weighted by atomic mass is 16.6. The quantitative estimate of drug-likeness (QED) is 0.566. The maximum Gasteiger partial charge on any atom is 0.269 e. The molecule has 1 spiro atoms. The first-order chi connectivity index (χ1) is 12.7. The second-order valence-electron chi connectivity index (χ2n) is 10.2. The molecule has 5 nitrogen and oxygen atoms in total. The van der Waals surface area contributed by atoms with Crippen LogP contribution in [0.5, 0.6) is 0 Å². The molecular weight excluding hydrogens is 338 g/mol. The van der Waals surface area contributed by atoms with Crippen molar-refractivity contribution in [3.8, 4) is 11.3 Å². The number of nitrogens with one attached hydrogen (secondary N) is 1. The average Bonchev–Trinajstić information content (AvgIpc) is 3.26. The van der Waals surface area contributed by atoms with Gasteiger partial charge in [-0.2, -0.15) is 5.10 Å². The Bertz CT molecular complexity index is 941. The fourth-order valence-electron chi connectivity index (χ4n) is 6.97. The molecule has 3 unspecified atom stereocenters. The van der Waals surface area contributed by atoms with Crippen molar-refractivity contribution < 1.29 is 4.92 Å². The third-order valence-electron chi connectivity index (χ3n) is 8.40. The largest absolute Gasteiger partial charge is 0.281 e. The van der Waals surface area contributed by atoms with Gasteiger partial charge in [-0.15, -0.1) is 0 Å². The smallest absolute Gasteiger partial charge is 0.269 e. The number of aromatic nitrogens is 2. The van der Waals surface area contributed by atoms with Gasteiger partial charge in [0, 0.05) is 34.9 Å². The molecule has 27 heavy (non-hydrogen) atoms. The van der Waals surface area contributed by atoms with Crippen LogP contribution in [0.25, 0.3) is 11.3 Å². The molecule has 1 aromatic carbocycles. The van der Waals surface area contributed by atoms with Crippen molar-refractivity contribution in [2.75, 3.05) is 0 Å². The van der Waals surface area contributed by atoms with Gasteiger partial charge >= 0.3 is 0 Å². The predicted octanol–water partition coefficient (Wildman–Crippen LogP) is 5.48. The van der Waals surface area contributed by atoms with Gasteiger partial charge in [0.1, 0.15) is 0 Å². The van der Waals surface area contributed by atoms with Gasteiger partial charge in [0.15, 0.2) is 0 Å². The lowest BCUT2D eigenvalue weighted by Crippen LogP contribution is -2.48. The first-order valence-corrected chi connectivity index (χ1v) is 9.99. The van der Waals surface area contributed by atoms with Crippen molar-refractivity contribution in [3.05, 3.63) is 45.6 Å². The van der Waals surface area contributed by atoms with E-state index in [9.17, 15) is 10.1 Å². The maximum atomic E-state index is 11.0. The van der Waals surface area contributed by atoms with E-state index >= 15 is 0 Å². The Balaban J connectivity index is 1.65. The van der Waals surface area contributed by atoms with Crippen LogP contribution in [-0.2, 0) is 6.42 Å². The number of hydrogen-bond donors (Lipinski definition) is 1. The van der Waals surface area contributed by atoms with E-state index in [0.29, 0.717) is 11.3 Å². The zero-order chi connectivity index (χ0) is 19.2. The first-order valence-electron chi connectivity index (χ1n) is 9.99. The molecule has 0 saturated heterocycles. The Hall–Kier alpha value is -2.17. The normalized spacial score (nSPS) is 32.1. The van der Waals surface area contributed by atoms with Crippen LogP contribution in [0.4, 0.5) is 5.69 Å². The van der Waals surface area contributed by atoms with Crippen LogP contribution in [0.3, 0.4) is 0 Å². The fraction of sp³-hybridized carbons (Fsp3) is 0.591. The molecule has 3 atom stereocenters. The fourth-order valence-corrected chi connectivity index (χ4v) is 6.97. The summed E-state index contributed by atoms with van der Waals surface area (Å²) in [4.78, 5) is 10.6. The Morgan fingerprint density at radius 1 is 1.19 bits per heavy atom. The number of rotatable bonds is 2. The molecule has 1 aromatic heterocycles. The van der Waals surface area contributed by atoms with E-state index in [1.54, 1.807) is 12.1 Å². The monoisotopic (exact) mass is 365 g/mol. The molecule has 2 bridgehead atoms. The Morgan fingerprint density at radius 3 is 2.56 bits per heavy atom. The highest BCUT2D eigenvalue weighted by Gasteiger charge is 2.69. The molecule has 2 fully saturated rings. The van der Waals surface area contributed by atoms with Crippen LogP contribution >= 0.6 is 0 Å². The summed E-state index contributed by atoms with van der Waals surface area (Å²) in [7, 11) is 0. The average molecular weight is 365 g/mol. The number of nitrogens with zero attached hydrogens (tertiary/aromatic N) is 2. The lowest BCUT2D eigenvalue weighted by Gasteiger charge is -2.55. The predicted molar refractivity (Wildman–Crippen MR) is 104 cm³/mol. The summed E-state index contributed by atoms with van der Waals surface area (Å²) in [5.74, 6) is 1.31. The van der Waals surface area contributed by atoms with Crippen molar-refractivity contribution in [1.82, 2.24) is 10.2 Å². The SMILES string of the molecule is CC1(C)C2CCC3(C2)C1c1[nH]nc(-c2ccc([N+](=O)[O-])cc2)c1CC3(C)C.